The van der Waals surface area contributed by atoms with Crippen LogP contribution in [-0.4, -0.2) is 35.5 Å². The summed E-state index contributed by atoms with van der Waals surface area (Å²) in [5.41, 5.74) is 0.188. The van der Waals surface area contributed by atoms with Crippen LogP contribution in [-0.2, 0) is 23.9 Å². The van der Waals surface area contributed by atoms with Crippen LogP contribution in [0.25, 0.3) is 0 Å². The average Bonchev–Trinajstić information content (AvgIpc) is 3.01. The summed E-state index contributed by atoms with van der Waals surface area (Å²) in [6.45, 7) is 0.684. The second-order valence-corrected chi connectivity index (χ2v) is 6.64. The molecule has 2 aromatic rings. The van der Waals surface area contributed by atoms with Crippen molar-refractivity contribution in [3.05, 3.63) is 46.0 Å². The molecule has 0 atom stereocenters. The van der Waals surface area contributed by atoms with E-state index in [1.165, 1.54) is 30.6 Å². The molecule has 26 heavy (non-hydrogen) atoms. The molecule has 2 amide bonds. The number of ether oxygens (including phenoxy) is 1. The summed E-state index contributed by atoms with van der Waals surface area (Å²) < 4.78 is 42.4. The van der Waals surface area contributed by atoms with E-state index in [1.54, 1.807) is 4.90 Å². The van der Waals surface area contributed by atoms with Crippen LogP contribution in [0.3, 0.4) is 0 Å². The number of anilines is 1. The molecule has 0 radical (unpaired) electrons. The first-order valence-electron chi connectivity index (χ1n) is 7.58. The molecule has 0 aliphatic carbocycles. The third-order valence-electron chi connectivity index (χ3n) is 3.87. The largest absolute Gasteiger partial charge is 0.453 e. The molecular formula is C16H14F3N3O3S. The van der Waals surface area contributed by atoms with Crippen LogP contribution in [0.4, 0.5) is 23.1 Å². The molecule has 2 heterocycles. The smallest absolute Gasteiger partial charge is 0.416 e. The van der Waals surface area contributed by atoms with Crippen molar-refractivity contribution in [1.82, 2.24) is 9.88 Å². The highest BCUT2D eigenvalue weighted by Crippen LogP contribution is 2.31. The predicted molar refractivity (Wildman–Crippen MR) is 88.0 cm³/mol. The van der Waals surface area contributed by atoms with E-state index in [0.717, 1.165) is 22.7 Å². The molecule has 6 nitrogen and oxygen atoms in total. The summed E-state index contributed by atoms with van der Waals surface area (Å²) in [5.74, 6) is -0.347. The Morgan fingerprint density at radius 1 is 1.27 bits per heavy atom. The van der Waals surface area contributed by atoms with Crippen LogP contribution < -0.4 is 5.32 Å². The van der Waals surface area contributed by atoms with Gasteiger partial charge < -0.3 is 9.64 Å². The number of thiazole rings is 1. The van der Waals surface area contributed by atoms with Crippen molar-refractivity contribution < 1.29 is 27.5 Å². The van der Waals surface area contributed by atoms with Gasteiger partial charge in [0, 0.05) is 23.4 Å². The first-order chi connectivity index (χ1) is 12.3. The van der Waals surface area contributed by atoms with E-state index in [-0.39, 0.29) is 18.0 Å². The van der Waals surface area contributed by atoms with Gasteiger partial charge in [0.25, 0.3) is 5.91 Å². The highest BCUT2D eigenvalue weighted by molar-refractivity contribution is 7.15. The number of carbonyl (C=O) groups excluding carboxylic acids is 2. The lowest BCUT2D eigenvalue weighted by atomic mass is 10.1. The number of nitrogens with one attached hydrogen (secondary N) is 1. The number of hydrogen-bond acceptors (Lipinski definition) is 5. The van der Waals surface area contributed by atoms with Crippen molar-refractivity contribution in [1.29, 1.82) is 0 Å². The number of methoxy groups -OCH3 is 1. The first kappa shape index (κ1) is 18.2. The molecule has 10 heteroatoms. The molecule has 1 aliphatic rings. The lowest BCUT2D eigenvalue weighted by Gasteiger charge is -2.26. The molecular weight excluding hydrogens is 371 g/mol. The molecule has 0 bridgehead atoms. The number of nitrogens with zero attached hydrogens (tertiary/aromatic N) is 2. The Morgan fingerprint density at radius 2 is 1.96 bits per heavy atom. The molecule has 1 N–H and O–H groups in total. The number of amides is 2. The quantitative estimate of drug-likeness (QED) is 0.858. The summed E-state index contributed by atoms with van der Waals surface area (Å²) in [4.78, 5) is 30.4. The summed E-state index contributed by atoms with van der Waals surface area (Å²) in [7, 11) is 1.24. The minimum absolute atomic E-state index is 0.193. The minimum Gasteiger partial charge on any atom is -0.453 e. The van der Waals surface area contributed by atoms with E-state index in [1.807, 2.05) is 0 Å². The highest BCUT2D eigenvalue weighted by atomic mass is 32.1. The molecule has 0 saturated carbocycles. The van der Waals surface area contributed by atoms with Gasteiger partial charge in [0.15, 0.2) is 5.13 Å². The first-order valence-corrected chi connectivity index (χ1v) is 8.39. The van der Waals surface area contributed by atoms with Crippen LogP contribution in [0.1, 0.15) is 26.5 Å². The van der Waals surface area contributed by atoms with Gasteiger partial charge in [-0.3, -0.25) is 10.1 Å². The lowest BCUT2D eigenvalue weighted by molar-refractivity contribution is -0.137. The second kappa shape index (κ2) is 6.94. The van der Waals surface area contributed by atoms with Crippen LogP contribution in [0, 0.1) is 0 Å². The maximum atomic E-state index is 12.6. The van der Waals surface area contributed by atoms with Crippen molar-refractivity contribution in [3.63, 3.8) is 0 Å². The van der Waals surface area contributed by atoms with Crippen LogP contribution in [0.5, 0.6) is 0 Å². The van der Waals surface area contributed by atoms with E-state index in [4.69, 9.17) is 0 Å². The van der Waals surface area contributed by atoms with E-state index < -0.39 is 17.8 Å². The third kappa shape index (κ3) is 3.79. The number of alkyl halides is 3. The molecule has 138 valence electrons. The van der Waals surface area contributed by atoms with Gasteiger partial charge in [0.05, 0.1) is 24.9 Å². The lowest BCUT2D eigenvalue weighted by Crippen LogP contribution is -2.35. The average molecular weight is 385 g/mol. The fourth-order valence-corrected chi connectivity index (χ4v) is 3.55. The second-order valence-electron chi connectivity index (χ2n) is 5.56. The standard InChI is InChI=1S/C16H14F3N3O3S/c1-25-15(24)21-14-20-11-6-7-22(8-12(11)26-14)13(23)9-2-4-10(5-3-9)16(17,18)19/h2-5H,6-8H2,1H3,(H,20,21,24). The molecule has 3 rings (SSSR count). The number of fused-ring (bicyclic) bond motifs is 1. The van der Waals surface area contributed by atoms with Crippen molar-refractivity contribution >= 4 is 28.5 Å². The summed E-state index contributed by atoms with van der Waals surface area (Å²) >= 11 is 1.24. The summed E-state index contributed by atoms with van der Waals surface area (Å²) in [6, 6.07) is 4.15. The van der Waals surface area contributed by atoms with E-state index in [2.05, 4.69) is 15.0 Å². The minimum atomic E-state index is -4.44. The molecule has 1 aliphatic heterocycles. The van der Waals surface area contributed by atoms with Crippen molar-refractivity contribution in [2.45, 2.75) is 19.1 Å². The van der Waals surface area contributed by atoms with Crippen LogP contribution in [0.15, 0.2) is 24.3 Å². The van der Waals surface area contributed by atoms with Gasteiger partial charge in [-0.2, -0.15) is 13.2 Å². The topological polar surface area (TPSA) is 71.5 Å². The van der Waals surface area contributed by atoms with Crippen LogP contribution >= 0.6 is 11.3 Å². The van der Waals surface area contributed by atoms with Gasteiger partial charge in [-0.25, -0.2) is 9.78 Å². The van der Waals surface area contributed by atoms with Gasteiger partial charge in [-0.15, -0.1) is 0 Å². The fourth-order valence-electron chi connectivity index (χ4n) is 2.54. The van der Waals surface area contributed by atoms with Gasteiger partial charge in [0.2, 0.25) is 0 Å². The van der Waals surface area contributed by atoms with E-state index in [9.17, 15) is 22.8 Å². The zero-order valence-corrected chi connectivity index (χ0v) is 14.4. The maximum Gasteiger partial charge on any atom is 0.416 e. The number of carbonyl (C=O) groups is 2. The summed E-state index contributed by atoms with van der Waals surface area (Å²) in [5, 5.41) is 2.86. The Bertz CT molecular complexity index is 834. The Morgan fingerprint density at radius 3 is 2.58 bits per heavy atom. The Kier molecular flexibility index (Phi) is 4.86. The van der Waals surface area contributed by atoms with Gasteiger partial charge in [0.1, 0.15) is 0 Å². The number of rotatable bonds is 2. The zero-order chi connectivity index (χ0) is 18.9. The van der Waals surface area contributed by atoms with Gasteiger partial charge in [-0.05, 0) is 24.3 Å². The normalized spacial score (nSPS) is 13.9. The Hall–Kier alpha value is -2.62. The number of aromatic nitrogens is 1. The molecule has 1 aromatic carbocycles. The number of hydrogen-bond donors (Lipinski definition) is 1. The van der Waals surface area contributed by atoms with E-state index in [0.29, 0.717) is 18.1 Å². The molecule has 0 fully saturated rings. The molecule has 0 unspecified atom stereocenters. The third-order valence-corrected chi connectivity index (χ3v) is 4.87. The zero-order valence-electron chi connectivity index (χ0n) is 13.6. The van der Waals surface area contributed by atoms with Crippen LogP contribution in [0.2, 0.25) is 0 Å². The van der Waals surface area contributed by atoms with Gasteiger partial charge in [-0.1, -0.05) is 11.3 Å². The van der Waals surface area contributed by atoms with Crippen molar-refractivity contribution in [2.24, 2.45) is 0 Å². The molecule has 1 aromatic heterocycles. The summed E-state index contributed by atoms with van der Waals surface area (Å²) in [6.07, 6.45) is -4.57. The maximum absolute atomic E-state index is 12.6. The number of halogens is 3. The van der Waals surface area contributed by atoms with E-state index >= 15 is 0 Å². The Labute approximate surface area is 150 Å². The number of benzene rings is 1. The predicted octanol–water partition coefficient (Wildman–Crippen LogP) is 3.54. The van der Waals surface area contributed by atoms with Crippen molar-refractivity contribution in [3.8, 4) is 0 Å². The fraction of sp³-hybridized carbons (Fsp3) is 0.312. The monoisotopic (exact) mass is 385 g/mol. The highest BCUT2D eigenvalue weighted by Gasteiger charge is 2.31. The molecule has 0 saturated heterocycles. The Balaban J connectivity index is 1.72. The van der Waals surface area contributed by atoms with Crippen molar-refractivity contribution in [2.75, 3.05) is 19.0 Å². The molecule has 0 spiro atoms. The SMILES string of the molecule is COC(=O)Nc1nc2c(s1)CN(C(=O)c1ccc(C(F)(F)F)cc1)CC2. The van der Waals surface area contributed by atoms with Gasteiger partial charge >= 0.3 is 12.3 Å².